The summed E-state index contributed by atoms with van der Waals surface area (Å²) in [5.74, 6) is -0.565. The Morgan fingerprint density at radius 2 is 1.20 bits per heavy atom. The topological polar surface area (TPSA) is 84.9 Å². The Hall–Kier alpha value is -2.84. The van der Waals surface area contributed by atoms with E-state index in [0.29, 0.717) is 39.4 Å². The van der Waals surface area contributed by atoms with Crippen LogP contribution in [0.5, 0.6) is 0 Å². The zero-order chi connectivity index (χ0) is 21.6. The van der Waals surface area contributed by atoms with Crippen molar-refractivity contribution in [1.29, 1.82) is 0 Å². The molecule has 162 valence electrons. The van der Waals surface area contributed by atoms with Crippen molar-refractivity contribution in [3.05, 3.63) is 60.2 Å². The van der Waals surface area contributed by atoms with Crippen LogP contribution in [0.3, 0.4) is 0 Å². The lowest BCUT2D eigenvalue weighted by Gasteiger charge is -2.26. The Morgan fingerprint density at radius 3 is 1.53 bits per heavy atom. The third kappa shape index (κ3) is 9.11. The van der Waals surface area contributed by atoms with Gasteiger partial charge in [-0.05, 0) is 38.1 Å². The molecule has 0 aromatic carbocycles. The number of esters is 2. The predicted octanol–water partition coefficient (Wildman–Crippen LogP) is 1.91. The predicted molar refractivity (Wildman–Crippen MR) is 112 cm³/mol. The van der Waals surface area contributed by atoms with Crippen LogP contribution in [-0.2, 0) is 32.2 Å². The molecule has 0 spiro atoms. The van der Waals surface area contributed by atoms with Crippen molar-refractivity contribution in [2.75, 3.05) is 39.4 Å². The monoisotopic (exact) mass is 414 g/mol. The minimum atomic E-state index is -0.282. The number of carbonyl (C=O) groups is 2. The van der Waals surface area contributed by atoms with E-state index in [9.17, 15) is 9.59 Å². The summed E-state index contributed by atoms with van der Waals surface area (Å²) in [5, 5.41) is 0. The van der Waals surface area contributed by atoms with E-state index in [4.69, 9.17) is 9.47 Å². The summed E-state index contributed by atoms with van der Waals surface area (Å²) >= 11 is 0. The minimum absolute atomic E-state index is 0.154. The van der Waals surface area contributed by atoms with E-state index in [2.05, 4.69) is 9.97 Å². The van der Waals surface area contributed by atoms with Gasteiger partial charge in [0.25, 0.3) is 0 Å². The first-order valence-corrected chi connectivity index (χ1v) is 10.2. The molecule has 0 aliphatic rings. The lowest BCUT2D eigenvalue weighted by molar-refractivity contribution is -0.146. The highest BCUT2D eigenvalue weighted by Crippen LogP contribution is 2.06. The highest BCUT2D eigenvalue weighted by Gasteiger charge is 2.17. The normalized spacial score (nSPS) is 10.9. The summed E-state index contributed by atoms with van der Waals surface area (Å²) in [6, 6.07) is 11.4. The smallest absolute Gasteiger partial charge is 0.320 e. The second-order valence-corrected chi connectivity index (χ2v) is 6.67. The number of ether oxygens (including phenoxy) is 2. The molecule has 0 aliphatic heterocycles. The van der Waals surface area contributed by atoms with Gasteiger partial charge in [0.05, 0.1) is 37.7 Å². The lowest BCUT2D eigenvalue weighted by Crippen LogP contribution is -2.40. The molecule has 0 saturated heterocycles. The van der Waals surface area contributed by atoms with E-state index in [1.807, 2.05) is 46.2 Å². The van der Waals surface area contributed by atoms with Crippen molar-refractivity contribution in [2.24, 2.45) is 0 Å². The molecule has 0 saturated carbocycles. The number of hydrogen-bond acceptors (Lipinski definition) is 8. The largest absolute Gasteiger partial charge is 0.465 e. The summed E-state index contributed by atoms with van der Waals surface area (Å²) < 4.78 is 10.2. The molecule has 0 bridgehead atoms. The van der Waals surface area contributed by atoms with Gasteiger partial charge in [-0.25, -0.2) is 0 Å². The summed E-state index contributed by atoms with van der Waals surface area (Å²) in [6.07, 6.45) is 3.46. The first kappa shape index (κ1) is 23.4. The maximum absolute atomic E-state index is 12.1. The fourth-order valence-electron chi connectivity index (χ4n) is 2.93. The molecule has 0 radical (unpaired) electrons. The average Bonchev–Trinajstić information content (AvgIpc) is 2.73. The summed E-state index contributed by atoms with van der Waals surface area (Å²) in [6.45, 7) is 6.69. The van der Waals surface area contributed by atoms with Crippen LogP contribution in [0.2, 0.25) is 0 Å². The highest BCUT2D eigenvalue weighted by molar-refractivity contribution is 5.72. The Kier molecular flexibility index (Phi) is 10.5. The number of rotatable bonds is 13. The summed E-state index contributed by atoms with van der Waals surface area (Å²) in [7, 11) is 0. The number of carbonyl (C=O) groups excluding carboxylic acids is 2. The SMILES string of the molecule is CCOC(=O)CN(CCN(CC(=O)OCC)Cc1ccccn1)Cc1ccccn1. The van der Waals surface area contributed by atoms with Crippen LogP contribution < -0.4 is 0 Å². The van der Waals surface area contributed by atoms with Gasteiger partial charge in [0, 0.05) is 38.6 Å². The molecular weight excluding hydrogens is 384 g/mol. The van der Waals surface area contributed by atoms with E-state index in [-0.39, 0.29) is 25.0 Å². The molecule has 2 heterocycles. The third-order valence-electron chi connectivity index (χ3n) is 4.27. The molecule has 2 aromatic heterocycles. The maximum atomic E-state index is 12.1. The summed E-state index contributed by atoms with van der Waals surface area (Å²) in [4.78, 5) is 36.8. The van der Waals surface area contributed by atoms with Gasteiger partial charge in [0.15, 0.2) is 0 Å². The number of hydrogen-bond donors (Lipinski definition) is 0. The van der Waals surface area contributed by atoms with Crippen LogP contribution in [-0.4, -0.2) is 71.1 Å². The van der Waals surface area contributed by atoms with Crippen LogP contribution in [0.25, 0.3) is 0 Å². The van der Waals surface area contributed by atoms with Gasteiger partial charge in [-0.2, -0.15) is 0 Å². The van der Waals surface area contributed by atoms with Gasteiger partial charge >= 0.3 is 11.9 Å². The third-order valence-corrected chi connectivity index (χ3v) is 4.27. The van der Waals surface area contributed by atoms with Crippen LogP contribution in [0.4, 0.5) is 0 Å². The Bertz CT molecular complexity index is 693. The zero-order valence-electron chi connectivity index (χ0n) is 17.7. The quantitative estimate of drug-likeness (QED) is 0.460. The molecule has 2 rings (SSSR count). The molecule has 30 heavy (non-hydrogen) atoms. The van der Waals surface area contributed by atoms with E-state index >= 15 is 0 Å². The van der Waals surface area contributed by atoms with E-state index < -0.39 is 0 Å². The second kappa shape index (κ2) is 13.4. The number of nitrogens with zero attached hydrogens (tertiary/aromatic N) is 4. The fraction of sp³-hybridized carbons (Fsp3) is 0.455. The van der Waals surface area contributed by atoms with Crippen molar-refractivity contribution in [2.45, 2.75) is 26.9 Å². The number of aromatic nitrogens is 2. The van der Waals surface area contributed by atoms with E-state index in [1.165, 1.54) is 0 Å². The molecule has 0 unspecified atom stereocenters. The first-order chi connectivity index (χ1) is 14.6. The van der Waals surface area contributed by atoms with Gasteiger partial charge in [0.2, 0.25) is 0 Å². The molecule has 0 atom stereocenters. The molecule has 0 N–H and O–H groups in total. The molecule has 8 heteroatoms. The zero-order valence-corrected chi connectivity index (χ0v) is 17.7. The van der Waals surface area contributed by atoms with Crippen molar-refractivity contribution in [3.8, 4) is 0 Å². The molecule has 0 aliphatic carbocycles. The van der Waals surface area contributed by atoms with Crippen LogP contribution in [0.1, 0.15) is 25.2 Å². The first-order valence-electron chi connectivity index (χ1n) is 10.2. The van der Waals surface area contributed by atoms with Crippen molar-refractivity contribution < 1.29 is 19.1 Å². The fourth-order valence-corrected chi connectivity index (χ4v) is 2.93. The van der Waals surface area contributed by atoms with E-state index in [0.717, 1.165) is 11.4 Å². The Morgan fingerprint density at radius 1 is 0.767 bits per heavy atom. The maximum Gasteiger partial charge on any atom is 0.320 e. The van der Waals surface area contributed by atoms with Gasteiger partial charge in [-0.1, -0.05) is 12.1 Å². The Balaban J connectivity index is 2.04. The molecule has 8 nitrogen and oxygen atoms in total. The van der Waals surface area contributed by atoms with Gasteiger partial charge in [-0.3, -0.25) is 29.4 Å². The minimum Gasteiger partial charge on any atom is -0.465 e. The lowest BCUT2D eigenvalue weighted by atomic mass is 10.3. The molecule has 2 aromatic rings. The Labute approximate surface area is 177 Å². The van der Waals surface area contributed by atoms with Crippen molar-refractivity contribution in [3.63, 3.8) is 0 Å². The van der Waals surface area contributed by atoms with Crippen LogP contribution in [0.15, 0.2) is 48.8 Å². The summed E-state index contributed by atoms with van der Waals surface area (Å²) in [5.41, 5.74) is 1.73. The molecular formula is C22H30N4O4. The van der Waals surface area contributed by atoms with E-state index in [1.54, 1.807) is 26.2 Å². The standard InChI is InChI=1S/C22H30N4O4/c1-3-29-21(27)17-25(15-19-9-5-7-11-23-19)13-14-26(18-22(28)30-4-2)16-20-10-6-8-12-24-20/h5-12H,3-4,13-18H2,1-2H3. The molecule has 0 fully saturated rings. The van der Waals surface area contributed by atoms with Gasteiger partial charge < -0.3 is 9.47 Å². The molecule has 0 amide bonds. The van der Waals surface area contributed by atoms with Crippen LogP contribution >= 0.6 is 0 Å². The van der Waals surface area contributed by atoms with Crippen LogP contribution in [0, 0.1) is 0 Å². The van der Waals surface area contributed by atoms with Gasteiger partial charge in [-0.15, -0.1) is 0 Å². The van der Waals surface area contributed by atoms with Gasteiger partial charge in [0.1, 0.15) is 0 Å². The van der Waals surface area contributed by atoms with Crippen molar-refractivity contribution in [1.82, 2.24) is 19.8 Å². The second-order valence-electron chi connectivity index (χ2n) is 6.67. The number of pyridine rings is 2. The average molecular weight is 415 g/mol. The van der Waals surface area contributed by atoms with Crippen molar-refractivity contribution >= 4 is 11.9 Å². The highest BCUT2D eigenvalue weighted by atomic mass is 16.5.